The monoisotopic (exact) mass is 464 g/mol. The number of carbonyl (C=O) groups is 4. The summed E-state index contributed by atoms with van der Waals surface area (Å²) < 4.78 is 38.4. The largest absolute Gasteiger partial charge is 0.452 e. The molecule has 11 heteroatoms. The molecular formula is C22H22F2N2O7. The summed E-state index contributed by atoms with van der Waals surface area (Å²) in [6.07, 6.45) is -0.657. The van der Waals surface area contributed by atoms with Gasteiger partial charge in [0.1, 0.15) is 11.4 Å². The molecule has 0 aromatic heterocycles. The predicted molar refractivity (Wildman–Crippen MR) is 112 cm³/mol. The van der Waals surface area contributed by atoms with E-state index in [1.54, 1.807) is 20.8 Å². The van der Waals surface area contributed by atoms with Gasteiger partial charge in [0.25, 0.3) is 11.8 Å². The molecule has 0 heterocycles. The van der Waals surface area contributed by atoms with Crippen LogP contribution in [0.15, 0.2) is 48.5 Å². The molecule has 0 spiro atoms. The molecule has 2 rings (SSSR count). The lowest BCUT2D eigenvalue weighted by Crippen LogP contribution is -2.34. The topological polar surface area (TPSA) is 120 Å². The average molecular weight is 464 g/mol. The van der Waals surface area contributed by atoms with Crippen LogP contribution in [-0.4, -0.2) is 42.7 Å². The van der Waals surface area contributed by atoms with E-state index in [0.29, 0.717) is 5.69 Å². The van der Waals surface area contributed by atoms with Gasteiger partial charge in [-0.05, 0) is 69.3 Å². The van der Waals surface area contributed by atoms with Gasteiger partial charge in [0.2, 0.25) is 0 Å². The highest BCUT2D eigenvalue weighted by Gasteiger charge is 2.17. The molecule has 0 aliphatic heterocycles. The minimum atomic E-state index is -3.00. The van der Waals surface area contributed by atoms with Crippen LogP contribution < -0.4 is 15.4 Å². The molecule has 0 saturated carbocycles. The fourth-order valence-corrected chi connectivity index (χ4v) is 2.35. The number of hydrogen-bond acceptors (Lipinski definition) is 7. The highest BCUT2D eigenvalue weighted by atomic mass is 19.3. The van der Waals surface area contributed by atoms with Gasteiger partial charge in [0.05, 0.1) is 5.56 Å². The standard InChI is InChI=1S/C22H22F2N2O7/c1-22(2,3)33-21(30)25-15-8-4-14(5-9-15)19(29)31-12-17(27)26-18(28)13-6-10-16(11-7-13)32-20(23)24/h4-11,20H,12H2,1-3H3,(H,25,30)(H,26,27,28). The fourth-order valence-electron chi connectivity index (χ4n) is 2.35. The summed E-state index contributed by atoms with van der Waals surface area (Å²) in [5, 5.41) is 4.51. The minimum absolute atomic E-state index is 0.0179. The Kier molecular flexibility index (Phi) is 8.43. The van der Waals surface area contributed by atoms with E-state index in [0.717, 1.165) is 12.1 Å². The molecule has 0 radical (unpaired) electrons. The number of nitrogens with one attached hydrogen (secondary N) is 2. The third kappa shape index (κ3) is 8.93. The van der Waals surface area contributed by atoms with E-state index < -0.39 is 42.7 Å². The third-order valence-corrected chi connectivity index (χ3v) is 3.69. The Hall–Kier alpha value is -4.02. The molecule has 3 amide bonds. The predicted octanol–water partition coefficient (Wildman–Crippen LogP) is 3.75. The first-order valence-electron chi connectivity index (χ1n) is 9.59. The SMILES string of the molecule is CC(C)(C)OC(=O)Nc1ccc(C(=O)OCC(=O)NC(=O)c2ccc(OC(F)F)cc2)cc1. The minimum Gasteiger partial charge on any atom is -0.452 e. The van der Waals surface area contributed by atoms with Crippen molar-refractivity contribution in [2.45, 2.75) is 33.0 Å². The number of anilines is 1. The normalized spacial score (nSPS) is 10.8. The summed E-state index contributed by atoms with van der Waals surface area (Å²) in [7, 11) is 0. The fraction of sp³-hybridized carbons (Fsp3) is 0.273. The first-order valence-corrected chi connectivity index (χ1v) is 9.59. The van der Waals surface area contributed by atoms with E-state index in [-0.39, 0.29) is 16.9 Å². The Morgan fingerprint density at radius 1 is 0.909 bits per heavy atom. The second-order valence-corrected chi connectivity index (χ2v) is 7.56. The molecule has 0 saturated heterocycles. The third-order valence-electron chi connectivity index (χ3n) is 3.69. The van der Waals surface area contributed by atoms with Gasteiger partial charge in [-0.3, -0.25) is 20.2 Å². The van der Waals surface area contributed by atoms with Crippen molar-refractivity contribution in [3.8, 4) is 5.75 Å². The first kappa shape index (κ1) is 25.2. The summed E-state index contributed by atoms with van der Waals surface area (Å²) in [5.74, 6) is -2.66. The van der Waals surface area contributed by atoms with E-state index in [4.69, 9.17) is 9.47 Å². The van der Waals surface area contributed by atoms with Crippen LogP contribution >= 0.6 is 0 Å². The van der Waals surface area contributed by atoms with Crippen LogP contribution in [0.1, 0.15) is 41.5 Å². The van der Waals surface area contributed by atoms with Gasteiger partial charge < -0.3 is 14.2 Å². The molecule has 33 heavy (non-hydrogen) atoms. The zero-order valence-corrected chi connectivity index (χ0v) is 18.0. The van der Waals surface area contributed by atoms with Gasteiger partial charge in [-0.2, -0.15) is 8.78 Å². The smallest absolute Gasteiger partial charge is 0.412 e. The number of alkyl halides is 2. The van der Waals surface area contributed by atoms with Crippen LogP contribution in [0.2, 0.25) is 0 Å². The summed E-state index contributed by atoms with van der Waals surface area (Å²) in [4.78, 5) is 47.7. The summed E-state index contributed by atoms with van der Waals surface area (Å²) in [6.45, 7) is 1.43. The molecular weight excluding hydrogens is 442 g/mol. The lowest BCUT2D eigenvalue weighted by molar-refractivity contribution is -0.123. The van der Waals surface area contributed by atoms with Gasteiger partial charge in [0, 0.05) is 11.3 Å². The van der Waals surface area contributed by atoms with E-state index in [2.05, 4.69) is 10.1 Å². The number of carbonyl (C=O) groups excluding carboxylic acids is 4. The van der Waals surface area contributed by atoms with Gasteiger partial charge in [-0.15, -0.1) is 0 Å². The van der Waals surface area contributed by atoms with Gasteiger partial charge >= 0.3 is 18.7 Å². The Morgan fingerprint density at radius 3 is 2.03 bits per heavy atom. The molecule has 2 N–H and O–H groups in total. The molecule has 0 fully saturated rings. The molecule has 0 unspecified atom stereocenters. The van der Waals surface area contributed by atoms with E-state index in [9.17, 15) is 28.0 Å². The highest BCUT2D eigenvalue weighted by molar-refractivity contribution is 6.05. The maximum absolute atomic E-state index is 12.1. The number of imide groups is 1. The maximum atomic E-state index is 12.1. The van der Waals surface area contributed by atoms with E-state index in [1.807, 2.05) is 5.32 Å². The molecule has 9 nitrogen and oxygen atoms in total. The Labute approximate surface area is 188 Å². The molecule has 0 bridgehead atoms. The lowest BCUT2D eigenvalue weighted by atomic mass is 10.2. The molecule has 0 atom stereocenters. The molecule has 0 aliphatic rings. The molecule has 2 aromatic carbocycles. The zero-order chi connectivity index (χ0) is 24.6. The van der Waals surface area contributed by atoms with E-state index >= 15 is 0 Å². The van der Waals surface area contributed by atoms with Gasteiger partial charge in [-0.25, -0.2) is 9.59 Å². The van der Waals surface area contributed by atoms with Crippen molar-refractivity contribution >= 4 is 29.6 Å². The highest BCUT2D eigenvalue weighted by Crippen LogP contribution is 2.15. The van der Waals surface area contributed by atoms with E-state index in [1.165, 1.54) is 36.4 Å². The average Bonchev–Trinajstić information content (AvgIpc) is 2.71. The quantitative estimate of drug-likeness (QED) is 0.599. The summed E-state index contributed by atoms with van der Waals surface area (Å²) >= 11 is 0. The van der Waals surface area contributed by atoms with Crippen molar-refractivity contribution in [1.29, 1.82) is 0 Å². The number of esters is 1. The Bertz CT molecular complexity index is 1000. The van der Waals surface area contributed by atoms with Gasteiger partial charge in [0.15, 0.2) is 6.61 Å². The van der Waals surface area contributed by atoms with Crippen molar-refractivity contribution in [2.24, 2.45) is 0 Å². The summed E-state index contributed by atoms with van der Waals surface area (Å²) in [5.41, 5.74) is -0.154. The molecule has 176 valence electrons. The van der Waals surface area contributed by atoms with Crippen LogP contribution in [0.3, 0.4) is 0 Å². The van der Waals surface area contributed by atoms with Crippen molar-refractivity contribution in [1.82, 2.24) is 5.32 Å². The van der Waals surface area contributed by atoms with Crippen molar-refractivity contribution < 1.29 is 42.2 Å². The van der Waals surface area contributed by atoms with Crippen LogP contribution in [0.4, 0.5) is 19.3 Å². The van der Waals surface area contributed by atoms with Crippen molar-refractivity contribution in [2.75, 3.05) is 11.9 Å². The van der Waals surface area contributed by atoms with Crippen molar-refractivity contribution in [3.63, 3.8) is 0 Å². The second-order valence-electron chi connectivity index (χ2n) is 7.56. The summed E-state index contributed by atoms with van der Waals surface area (Å²) in [6, 6.07) is 10.3. The number of ether oxygens (including phenoxy) is 3. The van der Waals surface area contributed by atoms with Crippen LogP contribution in [-0.2, 0) is 14.3 Å². The number of rotatable bonds is 7. The second kappa shape index (κ2) is 11.0. The Balaban J connectivity index is 1.82. The van der Waals surface area contributed by atoms with Crippen LogP contribution in [0.5, 0.6) is 5.75 Å². The maximum Gasteiger partial charge on any atom is 0.412 e. The first-order chi connectivity index (χ1) is 15.4. The Morgan fingerprint density at radius 2 is 1.48 bits per heavy atom. The molecule has 0 aliphatic carbocycles. The number of benzene rings is 2. The van der Waals surface area contributed by atoms with Crippen LogP contribution in [0.25, 0.3) is 0 Å². The lowest BCUT2D eigenvalue weighted by Gasteiger charge is -2.19. The van der Waals surface area contributed by atoms with Gasteiger partial charge in [-0.1, -0.05) is 0 Å². The van der Waals surface area contributed by atoms with Crippen LogP contribution in [0, 0.1) is 0 Å². The van der Waals surface area contributed by atoms with Crippen molar-refractivity contribution in [3.05, 3.63) is 59.7 Å². The molecule has 2 aromatic rings. The number of amides is 3. The zero-order valence-electron chi connectivity index (χ0n) is 18.0. The number of hydrogen-bond donors (Lipinski definition) is 2. The number of halogens is 2.